The molecule has 0 heterocycles. The Balaban J connectivity index is 4.78. The topological polar surface area (TPSA) is 40.5 Å². The number of nitrogens with zero attached hydrogens (tertiary/aromatic N) is 1. The molecular formula is C13H30NO2+. The fraction of sp³-hybridized carbons (Fsp3) is 1.00. The van der Waals surface area contributed by atoms with Crippen LogP contribution < -0.4 is 0 Å². The van der Waals surface area contributed by atoms with Gasteiger partial charge < -0.3 is 14.7 Å². The SMILES string of the molecule is CC(C)(C)CC(C)(CO)[N+](C)(C)CCCO. The fourth-order valence-electron chi connectivity index (χ4n) is 2.34. The molecule has 0 fully saturated rings. The third kappa shape index (κ3) is 4.40. The first-order valence-corrected chi connectivity index (χ1v) is 6.13. The smallest absolute Gasteiger partial charge is 0.120 e. The molecule has 0 saturated carbocycles. The second-order valence-corrected chi connectivity index (χ2v) is 6.88. The molecule has 0 bridgehead atoms. The van der Waals surface area contributed by atoms with Gasteiger partial charge in [0.2, 0.25) is 0 Å². The van der Waals surface area contributed by atoms with E-state index in [-0.39, 0.29) is 24.2 Å². The normalized spacial score (nSPS) is 17.2. The largest absolute Gasteiger partial charge is 0.396 e. The maximum Gasteiger partial charge on any atom is 0.120 e. The Bertz CT molecular complexity index is 208. The van der Waals surface area contributed by atoms with Crippen molar-refractivity contribution in [2.45, 2.75) is 46.1 Å². The second kappa shape index (κ2) is 5.48. The minimum atomic E-state index is -0.145. The second-order valence-electron chi connectivity index (χ2n) is 6.88. The molecule has 0 spiro atoms. The third-order valence-corrected chi connectivity index (χ3v) is 3.59. The quantitative estimate of drug-likeness (QED) is 0.683. The Morgan fingerprint density at radius 3 is 1.81 bits per heavy atom. The van der Waals surface area contributed by atoms with Gasteiger partial charge >= 0.3 is 0 Å². The van der Waals surface area contributed by atoms with E-state index < -0.39 is 0 Å². The highest BCUT2D eigenvalue weighted by Crippen LogP contribution is 2.34. The van der Waals surface area contributed by atoms with Crippen LogP contribution in [0.3, 0.4) is 0 Å². The standard InChI is InChI=1S/C13H30NO2/c1-12(2,3)10-13(4,11-16)14(5,6)8-7-9-15/h15-16H,7-11H2,1-6H3/q+1. The predicted octanol–water partition coefficient (Wildman–Crippen LogP) is 1.63. The summed E-state index contributed by atoms with van der Waals surface area (Å²) in [5, 5.41) is 18.6. The number of hydrogen-bond donors (Lipinski definition) is 2. The lowest BCUT2D eigenvalue weighted by molar-refractivity contribution is -0.942. The average molecular weight is 232 g/mol. The Hall–Kier alpha value is -0.120. The summed E-state index contributed by atoms with van der Waals surface area (Å²) in [6, 6.07) is 0. The molecule has 0 aliphatic heterocycles. The van der Waals surface area contributed by atoms with Gasteiger partial charge in [-0.05, 0) is 12.3 Å². The van der Waals surface area contributed by atoms with Gasteiger partial charge in [-0.15, -0.1) is 0 Å². The van der Waals surface area contributed by atoms with Crippen LogP contribution in [0.5, 0.6) is 0 Å². The van der Waals surface area contributed by atoms with Gasteiger partial charge in [0, 0.05) is 19.4 Å². The number of aliphatic hydroxyl groups excluding tert-OH is 2. The lowest BCUT2D eigenvalue weighted by Gasteiger charge is -2.48. The minimum absolute atomic E-state index is 0.145. The van der Waals surface area contributed by atoms with E-state index in [2.05, 4.69) is 41.8 Å². The molecule has 2 N–H and O–H groups in total. The maximum absolute atomic E-state index is 9.71. The molecule has 0 rings (SSSR count). The molecule has 0 aromatic heterocycles. The molecule has 3 heteroatoms. The molecule has 1 atom stereocenters. The van der Waals surface area contributed by atoms with Gasteiger partial charge in [0.1, 0.15) is 5.54 Å². The summed E-state index contributed by atoms with van der Waals surface area (Å²) in [5.41, 5.74) is 0.0552. The molecule has 0 amide bonds. The minimum Gasteiger partial charge on any atom is -0.396 e. The Morgan fingerprint density at radius 1 is 1.00 bits per heavy atom. The summed E-state index contributed by atoms with van der Waals surface area (Å²) in [5.74, 6) is 0. The van der Waals surface area contributed by atoms with E-state index in [0.29, 0.717) is 0 Å². The highest BCUT2D eigenvalue weighted by Gasteiger charge is 2.42. The Kier molecular flexibility index (Phi) is 5.44. The van der Waals surface area contributed by atoms with Gasteiger partial charge in [0.15, 0.2) is 0 Å². The number of hydrogen-bond acceptors (Lipinski definition) is 2. The average Bonchev–Trinajstić information content (AvgIpc) is 2.11. The van der Waals surface area contributed by atoms with Gasteiger partial charge in [0.25, 0.3) is 0 Å². The molecule has 0 aliphatic carbocycles. The zero-order valence-corrected chi connectivity index (χ0v) is 11.9. The maximum atomic E-state index is 9.71. The van der Waals surface area contributed by atoms with Crippen molar-refractivity contribution in [2.24, 2.45) is 5.41 Å². The lowest BCUT2D eigenvalue weighted by atomic mass is 9.79. The number of likely N-dealkylation sites (N-methyl/N-ethyl adjacent to an activating group) is 1. The Morgan fingerprint density at radius 2 is 1.50 bits per heavy atom. The summed E-state index contributed by atoms with van der Waals surface area (Å²) < 4.78 is 0.751. The highest BCUT2D eigenvalue weighted by atomic mass is 16.3. The summed E-state index contributed by atoms with van der Waals surface area (Å²) in [6.07, 6.45) is 1.75. The van der Waals surface area contributed by atoms with Crippen molar-refractivity contribution in [3.05, 3.63) is 0 Å². The van der Waals surface area contributed by atoms with Crippen LogP contribution in [0.1, 0.15) is 40.5 Å². The van der Waals surface area contributed by atoms with Gasteiger partial charge in [-0.1, -0.05) is 20.8 Å². The van der Waals surface area contributed by atoms with Gasteiger partial charge in [-0.2, -0.15) is 0 Å². The molecule has 0 aromatic carbocycles. The molecule has 1 unspecified atom stereocenters. The van der Waals surface area contributed by atoms with E-state index >= 15 is 0 Å². The van der Waals surface area contributed by atoms with Crippen LogP contribution in [-0.2, 0) is 0 Å². The van der Waals surface area contributed by atoms with E-state index in [1.54, 1.807) is 0 Å². The fourth-order valence-corrected chi connectivity index (χ4v) is 2.34. The summed E-state index contributed by atoms with van der Waals surface area (Å²) in [7, 11) is 4.27. The first kappa shape index (κ1) is 15.9. The van der Waals surface area contributed by atoms with Crippen LogP contribution in [0.4, 0.5) is 0 Å². The van der Waals surface area contributed by atoms with Crippen LogP contribution in [0.25, 0.3) is 0 Å². The zero-order valence-electron chi connectivity index (χ0n) is 11.9. The van der Waals surface area contributed by atoms with Gasteiger partial charge in [-0.3, -0.25) is 0 Å². The summed E-state index contributed by atoms with van der Waals surface area (Å²) >= 11 is 0. The predicted molar refractivity (Wildman–Crippen MR) is 68.2 cm³/mol. The molecule has 0 radical (unpaired) electrons. The molecule has 0 saturated heterocycles. The molecule has 0 aliphatic rings. The lowest BCUT2D eigenvalue weighted by Crippen LogP contribution is -2.61. The van der Waals surface area contributed by atoms with Crippen molar-refractivity contribution in [1.29, 1.82) is 0 Å². The molecular weight excluding hydrogens is 202 g/mol. The summed E-state index contributed by atoms with van der Waals surface area (Å²) in [4.78, 5) is 0. The van der Waals surface area contributed by atoms with Crippen LogP contribution in [0, 0.1) is 5.41 Å². The number of aliphatic hydroxyl groups is 2. The van der Waals surface area contributed by atoms with E-state index in [1.165, 1.54) is 0 Å². The first-order valence-electron chi connectivity index (χ1n) is 6.13. The van der Waals surface area contributed by atoms with Crippen molar-refractivity contribution in [3.63, 3.8) is 0 Å². The number of rotatable bonds is 6. The van der Waals surface area contributed by atoms with Crippen LogP contribution in [-0.4, -0.2) is 54.1 Å². The van der Waals surface area contributed by atoms with Gasteiger partial charge in [-0.25, -0.2) is 0 Å². The third-order valence-electron chi connectivity index (χ3n) is 3.59. The van der Waals surface area contributed by atoms with E-state index in [0.717, 1.165) is 23.9 Å². The zero-order chi connectivity index (χ0) is 13.0. The van der Waals surface area contributed by atoms with Crippen LogP contribution >= 0.6 is 0 Å². The number of quaternary nitrogens is 1. The molecule has 0 aromatic rings. The van der Waals surface area contributed by atoms with Crippen molar-refractivity contribution >= 4 is 0 Å². The van der Waals surface area contributed by atoms with Crippen molar-refractivity contribution in [1.82, 2.24) is 0 Å². The highest BCUT2D eigenvalue weighted by molar-refractivity contribution is 4.81. The monoisotopic (exact) mass is 232 g/mol. The van der Waals surface area contributed by atoms with Crippen molar-refractivity contribution in [3.8, 4) is 0 Å². The van der Waals surface area contributed by atoms with E-state index in [4.69, 9.17) is 5.11 Å². The van der Waals surface area contributed by atoms with Crippen molar-refractivity contribution < 1.29 is 14.7 Å². The first-order chi connectivity index (χ1) is 7.08. The van der Waals surface area contributed by atoms with E-state index in [9.17, 15) is 5.11 Å². The molecule has 16 heavy (non-hydrogen) atoms. The Labute approximate surface area is 101 Å². The van der Waals surface area contributed by atoms with Gasteiger partial charge in [0.05, 0.1) is 27.2 Å². The molecule has 3 nitrogen and oxygen atoms in total. The van der Waals surface area contributed by atoms with Crippen LogP contribution in [0.2, 0.25) is 0 Å². The molecule has 98 valence electrons. The van der Waals surface area contributed by atoms with Crippen molar-refractivity contribution in [2.75, 3.05) is 33.9 Å². The summed E-state index contributed by atoms with van der Waals surface area (Å²) in [6.45, 7) is 10.0. The van der Waals surface area contributed by atoms with E-state index in [1.807, 2.05) is 0 Å². The van der Waals surface area contributed by atoms with Crippen LogP contribution in [0.15, 0.2) is 0 Å².